The molecule has 124 valence electrons. The molecule has 0 fully saturated rings. The summed E-state index contributed by atoms with van der Waals surface area (Å²) in [5.41, 5.74) is -1.24. The average Bonchev–Trinajstić information content (AvgIpc) is 3.25. The Morgan fingerprint density at radius 1 is 1.04 bits per heavy atom. The molecule has 1 amide bonds. The molecule has 2 heterocycles. The summed E-state index contributed by atoms with van der Waals surface area (Å²) in [4.78, 5) is 12.7. The highest BCUT2D eigenvalue weighted by molar-refractivity contribution is 7.13. The maximum absolute atomic E-state index is 13.5. The minimum atomic E-state index is -2.30. The van der Waals surface area contributed by atoms with Crippen molar-refractivity contribution in [3.05, 3.63) is 58.4 Å². The molecule has 4 nitrogen and oxygen atoms in total. The van der Waals surface area contributed by atoms with Crippen LogP contribution in [0, 0.1) is 29.1 Å². The van der Waals surface area contributed by atoms with E-state index in [9.17, 15) is 26.7 Å². The fraction of sp³-hybridized carbons (Fsp3) is 0. The molecular formula is C14H6F5N3OS. The Morgan fingerprint density at radius 2 is 1.67 bits per heavy atom. The lowest BCUT2D eigenvalue weighted by Gasteiger charge is -2.08. The molecule has 0 radical (unpaired) electrons. The van der Waals surface area contributed by atoms with Crippen molar-refractivity contribution < 1.29 is 26.7 Å². The Bertz CT molecular complexity index is 894. The van der Waals surface area contributed by atoms with Crippen LogP contribution in [-0.4, -0.2) is 16.1 Å². The van der Waals surface area contributed by atoms with Crippen molar-refractivity contribution in [3.8, 4) is 10.6 Å². The van der Waals surface area contributed by atoms with Gasteiger partial charge in [0.25, 0.3) is 5.91 Å². The van der Waals surface area contributed by atoms with Gasteiger partial charge in [0.05, 0.1) is 10.6 Å². The lowest BCUT2D eigenvalue weighted by molar-refractivity contribution is 0.102. The number of carbonyl (C=O) groups excluding carboxylic acids is 1. The normalized spacial score (nSPS) is 10.9. The van der Waals surface area contributed by atoms with E-state index in [1.54, 1.807) is 22.8 Å². The second-order valence-corrected chi connectivity index (χ2v) is 5.49. The first-order chi connectivity index (χ1) is 11.4. The predicted molar refractivity (Wildman–Crippen MR) is 76.1 cm³/mol. The number of H-pyrrole nitrogens is 1. The molecule has 0 aliphatic rings. The van der Waals surface area contributed by atoms with Gasteiger partial charge in [0.2, 0.25) is 5.82 Å². The van der Waals surface area contributed by atoms with E-state index >= 15 is 0 Å². The van der Waals surface area contributed by atoms with Gasteiger partial charge in [-0.25, -0.2) is 22.0 Å². The van der Waals surface area contributed by atoms with E-state index in [2.05, 4.69) is 10.2 Å². The van der Waals surface area contributed by atoms with Gasteiger partial charge in [-0.15, -0.1) is 11.3 Å². The summed E-state index contributed by atoms with van der Waals surface area (Å²) in [6.07, 6.45) is 0. The van der Waals surface area contributed by atoms with E-state index in [1.807, 2.05) is 0 Å². The van der Waals surface area contributed by atoms with Crippen LogP contribution < -0.4 is 5.32 Å². The zero-order chi connectivity index (χ0) is 17.4. The summed E-state index contributed by atoms with van der Waals surface area (Å²) in [5, 5.41) is 9.62. The number of amides is 1. The van der Waals surface area contributed by atoms with Crippen molar-refractivity contribution in [2.75, 3.05) is 5.32 Å². The van der Waals surface area contributed by atoms with E-state index in [-0.39, 0.29) is 5.69 Å². The van der Waals surface area contributed by atoms with E-state index in [0.29, 0.717) is 5.69 Å². The van der Waals surface area contributed by atoms with Crippen LogP contribution in [0.5, 0.6) is 0 Å². The lowest BCUT2D eigenvalue weighted by atomic mass is 10.2. The van der Waals surface area contributed by atoms with Gasteiger partial charge in [-0.2, -0.15) is 5.10 Å². The van der Waals surface area contributed by atoms with Crippen molar-refractivity contribution in [1.82, 2.24) is 10.2 Å². The first kappa shape index (κ1) is 16.1. The maximum atomic E-state index is 13.5. The molecule has 0 aliphatic carbocycles. The summed E-state index contributed by atoms with van der Waals surface area (Å²) in [5.74, 6) is -12.0. The number of hydrogen-bond donors (Lipinski definition) is 2. The molecule has 2 N–H and O–H groups in total. The van der Waals surface area contributed by atoms with E-state index < -0.39 is 40.7 Å². The molecule has 24 heavy (non-hydrogen) atoms. The van der Waals surface area contributed by atoms with E-state index in [1.165, 1.54) is 17.4 Å². The number of benzene rings is 1. The number of rotatable bonds is 3. The average molecular weight is 359 g/mol. The molecule has 0 unspecified atom stereocenters. The standard InChI is InChI=1S/C14H6F5N3OS/c15-8-9(16)11(18)13(12(19)10(8)17)20-14(23)6-4-5(21-22-6)7-2-1-3-24-7/h1-4H,(H,20,23)(H,21,22). The van der Waals surface area contributed by atoms with Crippen molar-refractivity contribution in [2.24, 2.45) is 0 Å². The summed E-state index contributed by atoms with van der Waals surface area (Å²) in [6.45, 7) is 0. The molecule has 0 atom stereocenters. The zero-order valence-corrected chi connectivity index (χ0v) is 12.3. The highest BCUT2D eigenvalue weighted by Gasteiger charge is 2.27. The minimum absolute atomic E-state index is 0.276. The SMILES string of the molecule is O=C(Nc1c(F)c(F)c(F)c(F)c1F)c1cc(-c2cccs2)[nH]n1. The molecule has 1 aromatic carbocycles. The smallest absolute Gasteiger partial charge is 0.276 e. The topological polar surface area (TPSA) is 57.8 Å². The van der Waals surface area contributed by atoms with Gasteiger partial charge in [-0.05, 0) is 17.5 Å². The molecule has 3 rings (SSSR count). The van der Waals surface area contributed by atoms with Crippen LogP contribution in [0.2, 0.25) is 0 Å². The summed E-state index contributed by atoms with van der Waals surface area (Å²) in [6, 6.07) is 4.78. The quantitative estimate of drug-likeness (QED) is 0.421. The zero-order valence-electron chi connectivity index (χ0n) is 11.5. The van der Waals surface area contributed by atoms with Gasteiger partial charge < -0.3 is 5.32 Å². The van der Waals surface area contributed by atoms with E-state index in [0.717, 1.165) is 4.88 Å². The van der Waals surface area contributed by atoms with Crippen LogP contribution in [-0.2, 0) is 0 Å². The van der Waals surface area contributed by atoms with Crippen LogP contribution in [0.25, 0.3) is 10.6 Å². The largest absolute Gasteiger partial charge is 0.315 e. The predicted octanol–water partition coefficient (Wildman–Crippen LogP) is 4.09. The van der Waals surface area contributed by atoms with Crippen LogP contribution in [0.1, 0.15) is 10.5 Å². The monoisotopic (exact) mass is 359 g/mol. The van der Waals surface area contributed by atoms with Crippen molar-refractivity contribution in [3.63, 3.8) is 0 Å². The summed E-state index contributed by atoms with van der Waals surface area (Å²) < 4.78 is 66.3. The lowest BCUT2D eigenvalue weighted by Crippen LogP contribution is -2.17. The second-order valence-electron chi connectivity index (χ2n) is 4.54. The van der Waals surface area contributed by atoms with Gasteiger partial charge in [0.15, 0.2) is 29.0 Å². The Labute approximate surface area is 134 Å². The number of hydrogen-bond acceptors (Lipinski definition) is 3. The Balaban J connectivity index is 1.91. The van der Waals surface area contributed by atoms with Gasteiger partial charge in [-0.1, -0.05) is 6.07 Å². The molecular weight excluding hydrogens is 353 g/mol. The number of carbonyl (C=O) groups is 1. The third-order valence-corrected chi connectivity index (χ3v) is 3.95. The second kappa shape index (κ2) is 6.04. The number of thiophene rings is 1. The molecule has 10 heteroatoms. The number of nitrogens with zero attached hydrogens (tertiary/aromatic N) is 1. The molecule has 0 bridgehead atoms. The Kier molecular flexibility index (Phi) is 4.06. The van der Waals surface area contributed by atoms with Crippen LogP contribution in [0.3, 0.4) is 0 Å². The highest BCUT2D eigenvalue weighted by atomic mass is 32.1. The molecule has 0 spiro atoms. The fourth-order valence-corrected chi connectivity index (χ4v) is 2.58. The van der Waals surface area contributed by atoms with Gasteiger partial charge in [-0.3, -0.25) is 9.89 Å². The number of aromatic nitrogens is 2. The van der Waals surface area contributed by atoms with Gasteiger partial charge >= 0.3 is 0 Å². The first-order valence-electron chi connectivity index (χ1n) is 6.32. The van der Waals surface area contributed by atoms with Crippen molar-refractivity contribution in [2.45, 2.75) is 0 Å². The van der Waals surface area contributed by atoms with Crippen LogP contribution in [0.4, 0.5) is 27.6 Å². The van der Waals surface area contributed by atoms with Gasteiger partial charge in [0.1, 0.15) is 5.69 Å². The number of nitrogens with one attached hydrogen (secondary N) is 2. The third-order valence-electron chi connectivity index (χ3n) is 3.05. The number of aromatic amines is 1. The summed E-state index contributed by atoms with van der Waals surface area (Å²) in [7, 11) is 0. The molecule has 3 aromatic rings. The third kappa shape index (κ3) is 2.64. The molecule has 0 saturated heterocycles. The fourth-order valence-electron chi connectivity index (χ4n) is 1.89. The minimum Gasteiger partial charge on any atom is -0.315 e. The Hall–Kier alpha value is -2.75. The molecule has 0 aliphatic heterocycles. The number of halogens is 5. The van der Waals surface area contributed by atoms with Gasteiger partial charge in [0, 0.05) is 0 Å². The highest BCUT2D eigenvalue weighted by Crippen LogP contribution is 2.28. The molecule has 2 aromatic heterocycles. The maximum Gasteiger partial charge on any atom is 0.276 e. The molecule has 0 saturated carbocycles. The van der Waals surface area contributed by atoms with Crippen LogP contribution >= 0.6 is 11.3 Å². The van der Waals surface area contributed by atoms with Crippen LogP contribution in [0.15, 0.2) is 23.6 Å². The van der Waals surface area contributed by atoms with Crippen molar-refractivity contribution >= 4 is 22.9 Å². The first-order valence-corrected chi connectivity index (χ1v) is 7.20. The number of anilines is 1. The van der Waals surface area contributed by atoms with Crippen molar-refractivity contribution in [1.29, 1.82) is 0 Å². The summed E-state index contributed by atoms with van der Waals surface area (Å²) >= 11 is 1.35. The Morgan fingerprint density at radius 3 is 2.25 bits per heavy atom. The van der Waals surface area contributed by atoms with E-state index in [4.69, 9.17) is 0 Å².